The van der Waals surface area contributed by atoms with Gasteiger partial charge in [-0.05, 0) is 35.4 Å². The van der Waals surface area contributed by atoms with Gasteiger partial charge in [-0.1, -0.05) is 54.2 Å². The summed E-state index contributed by atoms with van der Waals surface area (Å²) < 4.78 is 28.1. The fraction of sp³-hybridized carbons (Fsp3) is 0.130. The maximum Gasteiger partial charge on any atom is 0.238 e. The van der Waals surface area contributed by atoms with Gasteiger partial charge in [0.05, 0.1) is 23.0 Å². The molecule has 0 fully saturated rings. The molecule has 1 atom stereocenters. The van der Waals surface area contributed by atoms with Crippen LogP contribution in [-0.2, 0) is 21.4 Å². The largest absolute Gasteiger partial charge is 0.497 e. The second kappa shape index (κ2) is 9.65. The van der Waals surface area contributed by atoms with Crippen LogP contribution in [0.2, 0.25) is 0 Å². The number of hydrogen-bond acceptors (Lipinski definition) is 6. The van der Waals surface area contributed by atoms with Gasteiger partial charge in [-0.25, -0.2) is 18.5 Å². The third-order valence-corrected chi connectivity index (χ3v) is 7.02. The van der Waals surface area contributed by atoms with Crippen molar-refractivity contribution in [1.29, 1.82) is 0 Å². The first-order chi connectivity index (χ1) is 15.8. The average Bonchev–Trinajstić information content (AvgIpc) is 3.23. The van der Waals surface area contributed by atoms with E-state index in [-0.39, 0.29) is 17.3 Å². The van der Waals surface area contributed by atoms with Crippen molar-refractivity contribution < 1.29 is 17.9 Å². The number of hydrogen-bond donors (Lipinski definition) is 3. The zero-order chi connectivity index (χ0) is 23.4. The zero-order valence-electron chi connectivity index (χ0n) is 17.7. The number of methoxy groups -OCH3 is 1. The molecule has 1 heterocycles. The van der Waals surface area contributed by atoms with Gasteiger partial charge < -0.3 is 15.0 Å². The lowest BCUT2D eigenvalue weighted by Crippen LogP contribution is -2.27. The number of primary sulfonamides is 1. The number of benzene rings is 3. The summed E-state index contributed by atoms with van der Waals surface area (Å²) in [5.41, 5.74) is 3.19. The topological polar surface area (TPSA) is 127 Å². The molecule has 170 valence electrons. The summed E-state index contributed by atoms with van der Waals surface area (Å²) in [5, 5.41) is 8.13. The maximum absolute atomic E-state index is 13.2. The van der Waals surface area contributed by atoms with E-state index in [2.05, 4.69) is 15.3 Å². The number of rotatable bonds is 8. The summed E-state index contributed by atoms with van der Waals surface area (Å²) >= 11 is 1.31. The molecular formula is C23H22N4O4S2. The molecule has 1 amide bonds. The zero-order valence-corrected chi connectivity index (χ0v) is 19.3. The third-order valence-electron chi connectivity index (χ3n) is 4.96. The SMILES string of the molecule is COc1ccc2nc(SC(C(=O)NCc3ccc(S(N)(=O)=O)cc3)c3ccccc3)[nH]c2c1. The highest BCUT2D eigenvalue weighted by atomic mass is 32.2. The van der Waals surface area contributed by atoms with Crippen molar-refractivity contribution in [3.8, 4) is 5.75 Å². The van der Waals surface area contributed by atoms with E-state index in [1.165, 1.54) is 23.9 Å². The molecule has 0 aliphatic heterocycles. The van der Waals surface area contributed by atoms with Gasteiger partial charge >= 0.3 is 0 Å². The number of aromatic amines is 1. The van der Waals surface area contributed by atoms with Crippen LogP contribution < -0.4 is 15.2 Å². The van der Waals surface area contributed by atoms with E-state index in [1.807, 2.05) is 48.5 Å². The summed E-state index contributed by atoms with van der Waals surface area (Å²) in [6.45, 7) is 0.241. The van der Waals surface area contributed by atoms with Crippen LogP contribution in [0, 0.1) is 0 Å². The summed E-state index contributed by atoms with van der Waals surface area (Å²) in [5.74, 6) is 0.522. The van der Waals surface area contributed by atoms with E-state index < -0.39 is 15.3 Å². The Labute approximate surface area is 195 Å². The fourth-order valence-electron chi connectivity index (χ4n) is 3.24. The molecule has 1 unspecified atom stereocenters. The minimum Gasteiger partial charge on any atom is -0.497 e. The number of ether oxygens (including phenoxy) is 1. The van der Waals surface area contributed by atoms with Gasteiger partial charge in [-0.3, -0.25) is 4.79 Å². The number of sulfonamides is 1. The Morgan fingerprint density at radius 3 is 2.52 bits per heavy atom. The molecule has 4 aromatic rings. The Hall–Kier alpha value is -3.34. The molecule has 8 nitrogen and oxygen atoms in total. The van der Waals surface area contributed by atoms with E-state index in [1.54, 1.807) is 19.2 Å². The second-order valence-corrected chi connectivity index (χ2v) is 9.90. The van der Waals surface area contributed by atoms with Crippen LogP contribution in [0.15, 0.2) is 82.8 Å². The number of nitrogens with zero attached hydrogens (tertiary/aromatic N) is 1. The highest BCUT2D eigenvalue weighted by Gasteiger charge is 2.23. The van der Waals surface area contributed by atoms with Gasteiger partial charge in [-0.15, -0.1) is 0 Å². The van der Waals surface area contributed by atoms with Crippen molar-refractivity contribution in [3.63, 3.8) is 0 Å². The second-order valence-electron chi connectivity index (χ2n) is 7.24. The predicted molar refractivity (Wildman–Crippen MR) is 127 cm³/mol. The number of carbonyl (C=O) groups is 1. The number of nitrogens with one attached hydrogen (secondary N) is 2. The van der Waals surface area contributed by atoms with Crippen molar-refractivity contribution in [2.24, 2.45) is 5.14 Å². The number of imidazole rings is 1. The Bertz CT molecular complexity index is 1370. The Kier molecular flexibility index (Phi) is 6.68. The number of nitrogens with two attached hydrogens (primary N) is 1. The predicted octanol–water partition coefficient (Wildman–Crippen LogP) is 3.37. The maximum atomic E-state index is 13.2. The number of fused-ring (bicyclic) bond motifs is 1. The fourth-order valence-corrected chi connectivity index (χ4v) is 4.78. The third kappa shape index (κ3) is 5.54. The van der Waals surface area contributed by atoms with Crippen LogP contribution in [0.5, 0.6) is 5.75 Å². The van der Waals surface area contributed by atoms with Crippen LogP contribution in [0.1, 0.15) is 16.4 Å². The number of amides is 1. The molecule has 33 heavy (non-hydrogen) atoms. The first-order valence-corrected chi connectivity index (χ1v) is 12.4. The molecule has 0 bridgehead atoms. The number of carbonyl (C=O) groups excluding carboxylic acids is 1. The van der Waals surface area contributed by atoms with Gasteiger partial charge in [0.15, 0.2) is 5.16 Å². The van der Waals surface area contributed by atoms with Gasteiger partial charge in [0.1, 0.15) is 11.0 Å². The van der Waals surface area contributed by atoms with Gasteiger partial charge in [-0.2, -0.15) is 0 Å². The Morgan fingerprint density at radius 1 is 1.12 bits per heavy atom. The molecule has 0 radical (unpaired) electrons. The average molecular weight is 483 g/mol. The summed E-state index contributed by atoms with van der Waals surface area (Å²) in [6.07, 6.45) is 0. The minimum absolute atomic E-state index is 0.0248. The molecular weight excluding hydrogens is 460 g/mol. The van der Waals surface area contributed by atoms with Crippen LogP contribution in [-0.4, -0.2) is 31.4 Å². The van der Waals surface area contributed by atoms with Crippen LogP contribution in [0.25, 0.3) is 11.0 Å². The number of aromatic nitrogens is 2. The van der Waals surface area contributed by atoms with Crippen molar-refractivity contribution in [1.82, 2.24) is 15.3 Å². The van der Waals surface area contributed by atoms with Crippen molar-refractivity contribution in [2.45, 2.75) is 21.8 Å². The lowest BCUT2D eigenvalue weighted by molar-refractivity contribution is -0.120. The van der Waals surface area contributed by atoms with E-state index >= 15 is 0 Å². The lowest BCUT2D eigenvalue weighted by atomic mass is 10.1. The molecule has 1 aromatic heterocycles. The molecule has 10 heteroatoms. The van der Waals surface area contributed by atoms with Crippen molar-refractivity contribution in [2.75, 3.05) is 7.11 Å². The molecule has 0 saturated carbocycles. The highest BCUT2D eigenvalue weighted by molar-refractivity contribution is 8.00. The van der Waals surface area contributed by atoms with Gasteiger partial charge in [0.25, 0.3) is 0 Å². The van der Waals surface area contributed by atoms with E-state index in [4.69, 9.17) is 9.88 Å². The lowest BCUT2D eigenvalue weighted by Gasteiger charge is -2.16. The first kappa shape index (κ1) is 22.8. The van der Waals surface area contributed by atoms with Gasteiger partial charge in [0, 0.05) is 12.6 Å². The smallest absolute Gasteiger partial charge is 0.238 e. The number of thioether (sulfide) groups is 1. The molecule has 0 aliphatic rings. The van der Waals surface area contributed by atoms with Crippen molar-refractivity contribution >= 4 is 38.7 Å². The molecule has 0 saturated heterocycles. The Morgan fingerprint density at radius 2 is 1.85 bits per heavy atom. The van der Waals surface area contributed by atoms with Crippen LogP contribution >= 0.6 is 11.8 Å². The molecule has 0 aliphatic carbocycles. The first-order valence-electron chi connectivity index (χ1n) is 9.98. The summed E-state index contributed by atoms with van der Waals surface area (Å²) in [6, 6.07) is 21.1. The van der Waals surface area contributed by atoms with Crippen molar-refractivity contribution in [3.05, 3.63) is 83.9 Å². The molecule has 3 aromatic carbocycles. The standard InChI is InChI=1S/C23H22N4O4S2/c1-31-17-9-12-19-20(13-17)27-23(26-19)32-21(16-5-3-2-4-6-16)22(28)25-14-15-7-10-18(11-8-15)33(24,29)30/h2-13,21H,14H2,1H3,(H,25,28)(H,26,27)(H2,24,29,30). The van der Waals surface area contributed by atoms with E-state index in [0.717, 1.165) is 22.2 Å². The van der Waals surface area contributed by atoms with Gasteiger partial charge in [0.2, 0.25) is 15.9 Å². The van der Waals surface area contributed by atoms with Crippen LogP contribution in [0.4, 0.5) is 0 Å². The monoisotopic (exact) mass is 482 g/mol. The van der Waals surface area contributed by atoms with E-state index in [9.17, 15) is 13.2 Å². The van der Waals surface area contributed by atoms with Crippen LogP contribution in [0.3, 0.4) is 0 Å². The Balaban J connectivity index is 1.53. The minimum atomic E-state index is -3.76. The molecule has 4 N–H and O–H groups in total. The molecule has 0 spiro atoms. The van der Waals surface area contributed by atoms with E-state index in [0.29, 0.717) is 10.9 Å². The highest BCUT2D eigenvalue weighted by Crippen LogP contribution is 2.35. The molecule has 4 rings (SSSR count). The summed E-state index contributed by atoms with van der Waals surface area (Å²) in [4.78, 5) is 21.0. The summed E-state index contributed by atoms with van der Waals surface area (Å²) in [7, 11) is -2.16. The normalized spacial score (nSPS) is 12.4. The quantitative estimate of drug-likeness (QED) is 0.331. The number of H-pyrrole nitrogens is 1.